The van der Waals surface area contributed by atoms with E-state index < -0.39 is 0 Å². The first-order valence-corrected chi connectivity index (χ1v) is 6.81. The lowest BCUT2D eigenvalue weighted by Crippen LogP contribution is -2.28. The molecule has 3 nitrogen and oxygen atoms in total. The Morgan fingerprint density at radius 3 is 2.74 bits per heavy atom. The number of fused-ring (bicyclic) bond motifs is 1. The maximum atomic E-state index is 5.12. The van der Waals surface area contributed by atoms with Gasteiger partial charge >= 0.3 is 0 Å². The molecule has 0 bridgehead atoms. The molecule has 0 saturated heterocycles. The predicted octanol–water partition coefficient (Wildman–Crippen LogP) is 1.52. The van der Waals surface area contributed by atoms with Crippen molar-refractivity contribution >= 4 is 19.0 Å². The Kier molecular flexibility index (Phi) is 4.02. The summed E-state index contributed by atoms with van der Waals surface area (Å²) >= 11 is 0. The summed E-state index contributed by atoms with van der Waals surface area (Å²) < 4.78 is 0. The standard InChI is InChI=1S/C15H22BNO2/c1-5-18-19-9-8-17-11(2)15(3,4)13-10-12(16)6-7-14(13)17/h6-7,10H,2,5,8-9,16H2,1,3-4H3. The van der Waals surface area contributed by atoms with Crippen molar-refractivity contribution in [3.8, 4) is 0 Å². The Morgan fingerprint density at radius 2 is 2.05 bits per heavy atom. The van der Waals surface area contributed by atoms with Gasteiger partial charge in [-0.05, 0) is 18.6 Å². The van der Waals surface area contributed by atoms with Crippen molar-refractivity contribution in [1.82, 2.24) is 0 Å². The molecule has 0 fully saturated rings. The highest BCUT2D eigenvalue weighted by molar-refractivity contribution is 6.32. The van der Waals surface area contributed by atoms with Gasteiger partial charge in [-0.2, -0.15) is 0 Å². The number of benzene rings is 1. The molecule has 4 heteroatoms. The van der Waals surface area contributed by atoms with Crippen molar-refractivity contribution in [3.05, 3.63) is 36.0 Å². The van der Waals surface area contributed by atoms with Gasteiger partial charge in [0.05, 0.1) is 6.61 Å². The van der Waals surface area contributed by atoms with Crippen molar-refractivity contribution in [2.75, 3.05) is 24.7 Å². The van der Waals surface area contributed by atoms with Crippen LogP contribution in [0.1, 0.15) is 26.3 Å². The van der Waals surface area contributed by atoms with E-state index in [0.717, 1.165) is 12.2 Å². The highest BCUT2D eigenvalue weighted by atomic mass is 17.2. The van der Waals surface area contributed by atoms with E-state index in [0.29, 0.717) is 13.2 Å². The monoisotopic (exact) mass is 259 g/mol. The minimum atomic E-state index is -0.0209. The number of hydrogen-bond acceptors (Lipinski definition) is 3. The molecule has 1 heterocycles. The van der Waals surface area contributed by atoms with Gasteiger partial charge in [0.25, 0.3) is 0 Å². The zero-order chi connectivity index (χ0) is 14.0. The first-order valence-electron chi connectivity index (χ1n) is 6.81. The summed E-state index contributed by atoms with van der Waals surface area (Å²) in [5, 5.41) is 0. The molecule has 102 valence electrons. The molecule has 0 amide bonds. The molecule has 0 aliphatic carbocycles. The molecular weight excluding hydrogens is 237 g/mol. The number of rotatable bonds is 5. The van der Waals surface area contributed by atoms with Gasteiger partial charge in [0.1, 0.15) is 14.5 Å². The molecule has 0 spiro atoms. The average molecular weight is 259 g/mol. The largest absolute Gasteiger partial charge is 0.342 e. The van der Waals surface area contributed by atoms with Gasteiger partial charge in [-0.1, -0.05) is 38.0 Å². The SMILES string of the molecule is Bc1ccc2c(c1)C(C)(C)C(=C)N2CCOOCC. The van der Waals surface area contributed by atoms with Crippen molar-refractivity contribution in [2.45, 2.75) is 26.2 Å². The summed E-state index contributed by atoms with van der Waals surface area (Å²) in [6.45, 7) is 12.5. The molecule has 1 aromatic rings. The molecule has 19 heavy (non-hydrogen) atoms. The smallest absolute Gasteiger partial charge is 0.139 e. The first-order chi connectivity index (χ1) is 8.98. The molecule has 1 aliphatic rings. The van der Waals surface area contributed by atoms with Crippen molar-refractivity contribution in [1.29, 1.82) is 0 Å². The Balaban J connectivity index is 2.20. The van der Waals surface area contributed by atoms with E-state index in [2.05, 4.69) is 51.4 Å². The van der Waals surface area contributed by atoms with Crippen LogP contribution in [0, 0.1) is 0 Å². The maximum Gasteiger partial charge on any atom is 0.139 e. The molecule has 0 saturated carbocycles. The van der Waals surface area contributed by atoms with E-state index in [1.165, 1.54) is 16.7 Å². The van der Waals surface area contributed by atoms with E-state index in [-0.39, 0.29) is 5.41 Å². The molecule has 0 atom stereocenters. The van der Waals surface area contributed by atoms with Crippen LogP contribution in [0.4, 0.5) is 5.69 Å². The van der Waals surface area contributed by atoms with Crippen molar-refractivity contribution in [2.24, 2.45) is 0 Å². The summed E-state index contributed by atoms with van der Waals surface area (Å²) in [4.78, 5) is 12.3. The second-order valence-corrected chi connectivity index (χ2v) is 5.47. The van der Waals surface area contributed by atoms with Crippen LogP contribution in [0.2, 0.25) is 0 Å². The van der Waals surface area contributed by atoms with Gasteiger partial charge in [-0.3, -0.25) is 0 Å². The van der Waals surface area contributed by atoms with Gasteiger partial charge in [-0.15, -0.1) is 0 Å². The van der Waals surface area contributed by atoms with Crippen LogP contribution >= 0.6 is 0 Å². The van der Waals surface area contributed by atoms with Crippen LogP contribution in [0.15, 0.2) is 30.5 Å². The molecule has 1 aliphatic heterocycles. The topological polar surface area (TPSA) is 21.7 Å². The third kappa shape index (κ3) is 2.56. The summed E-state index contributed by atoms with van der Waals surface area (Å²) in [6.07, 6.45) is 0. The maximum absolute atomic E-state index is 5.12. The minimum Gasteiger partial charge on any atom is -0.342 e. The number of hydrogen-bond donors (Lipinski definition) is 0. The van der Waals surface area contributed by atoms with Crippen LogP contribution in [0.3, 0.4) is 0 Å². The van der Waals surface area contributed by atoms with Crippen LogP contribution in [0.25, 0.3) is 0 Å². The van der Waals surface area contributed by atoms with Gasteiger partial charge in [0.2, 0.25) is 0 Å². The van der Waals surface area contributed by atoms with Gasteiger partial charge in [0, 0.05) is 23.3 Å². The van der Waals surface area contributed by atoms with E-state index in [4.69, 9.17) is 9.78 Å². The third-order valence-corrected chi connectivity index (χ3v) is 3.76. The zero-order valence-corrected chi connectivity index (χ0v) is 12.3. The summed E-state index contributed by atoms with van der Waals surface area (Å²) in [7, 11) is 2.12. The molecular formula is C15H22BNO2. The second-order valence-electron chi connectivity index (χ2n) is 5.47. The Morgan fingerprint density at radius 1 is 1.32 bits per heavy atom. The highest BCUT2D eigenvalue weighted by Crippen LogP contribution is 2.46. The highest BCUT2D eigenvalue weighted by Gasteiger charge is 2.38. The number of anilines is 1. The Labute approximate surface area is 116 Å². The predicted molar refractivity (Wildman–Crippen MR) is 81.7 cm³/mol. The molecule has 0 N–H and O–H groups in total. The van der Waals surface area contributed by atoms with E-state index in [9.17, 15) is 0 Å². The lowest BCUT2D eigenvalue weighted by molar-refractivity contribution is -0.288. The minimum absolute atomic E-state index is 0.0209. The lowest BCUT2D eigenvalue weighted by atomic mass is 9.81. The van der Waals surface area contributed by atoms with E-state index in [1.807, 2.05) is 6.92 Å². The van der Waals surface area contributed by atoms with Crippen LogP contribution < -0.4 is 10.4 Å². The Hall–Kier alpha value is -1.26. The number of allylic oxidation sites excluding steroid dienone is 1. The average Bonchev–Trinajstić information content (AvgIpc) is 2.55. The molecule has 0 radical (unpaired) electrons. The number of nitrogens with zero attached hydrogens (tertiary/aromatic N) is 1. The van der Waals surface area contributed by atoms with E-state index in [1.54, 1.807) is 0 Å². The van der Waals surface area contributed by atoms with Gasteiger partial charge in [-0.25, -0.2) is 9.78 Å². The molecule has 1 aromatic carbocycles. The van der Waals surface area contributed by atoms with Crippen LogP contribution in [-0.2, 0) is 15.2 Å². The first kappa shape index (κ1) is 14.2. The van der Waals surface area contributed by atoms with Crippen molar-refractivity contribution < 1.29 is 9.78 Å². The zero-order valence-electron chi connectivity index (χ0n) is 12.3. The fourth-order valence-electron chi connectivity index (χ4n) is 2.55. The van der Waals surface area contributed by atoms with Crippen LogP contribution in [0.5, 0.6) is 0 Å². The quantitative estimate of drug-likeness (QED) is 0.346. The molecule has 0 unspecified atom stereocenters. The van der Waals surface area contributed by atoms with Crippen molar-refractivity contribution in [3.63, 3.8) is 0 Å². The van der Waals surface area contributed by atoms with Gasteiger partial charge < -0.3 is 4.90 Å². The molecule has 0 aromatic heterocycles. The fraction of sp³-hybridized carbons (Fsp3) is 0.467. The second kappa shape index (κ2) is 5.39. The fourth-order valence-corrected chi connectivity index (χ4v) is 2.55. The third-order valence-electron chi connectivity index (χ3n) is 3.76. The lowest BCUT2D eigenvalue weighted by Gasteiger charge is -2.25. The Bertz CT molecular complexity index is 485. The van der Waals surface area contributed by atoms with Crippen LogP contribution in [-0.4, -0.2) is 27.6 Å². The molecule has 2 rings (SSSR count). The van der Waals surface area contributed by atoms with Gasteiger partial charge in [0.15, 0.2) is 0 Å². The summed E-state index contributed by atoms with van der Waals surface area (Å²) in [5.74, 6) is 0. The summed E-state index contributed by atoms with van der Waals surface area (Å²) in [5.41, 5.74) is 4.96. The van der Waals surface area contributed by atoms with E-state index >= 15 is 0 Å². The normalized spacial score (nSPS) is 16.8. The summed E-state index contributed by atoms with van der Waals surface area (Å²) in [6, 6.07) is 6.57.